The van der Waals surface area contributed by atoms with Crippen LogP contribution in [0.5, 0.6) is 11.5 Å². The molecule has 4 rings (SSSR count). The fourth-order valence-electron chi connectivity index (χ4n) is 2.98. The predicted octanol–water partition coefficient (Wildman–Crippen LogP) is 5.14. The predicted molar refractivity (Wildman–Crippen MR) is 112 cm³/mol. The quantitative estimate of drug-likeness (QED) is 0.531. The number of aromatic nitrogens is 1. The SMILES string of the molecule is COc1cc(OC)c(NS(=O)(=O)c2ccc(-c3cnc(C4CCC4)o3)s2)cc1Cl. The van der Waals surface area contributed by atoms with Gasteiger partial charge in [-0.2, -0.15) is 0 Å². The van der Waals surface area contributed by atoms with E-state index in [0.717, 1.165) is 30.1 Å². The zero-order chi connectivity index (χ0) is 20.6. The Morgan fingerprint density at radius 1 is 1.21 bits per heavy atom. The fraction of sp³-hybridized carbons (Fsp3) is 0.316. The summed E-state index contributed by atoms with van der Waals surface area (Å²) in [6.07, 6.45) is 5.00. The van der Waals surface area contributed by atoms with Crippen molar-refractivity contribution in [1.82, 2.24) is 4.98 Å². The molecule has 0 spiro atoms. The summed E-state index contributed by atoms with van der Waals surface area (Å²) in [6, 6.07) is 6.22. The Balaban J connectivity index is 1.59. The van der Waals surface area contributed by atoms with Gasteiger partial charge in [0.05, 0.1) is 36.0 Å². The smallest absolute Gasteiger partial charge is 0.271 e. The molecule has 3 aromatic rings. The van der Waals surface area contributed by atoms with Gasteiger partial charge in [0.25, 0.3) is 10.0 Å². The zero-order valence-corrected chi connectivity index (χ0v) is 18.2. The maximum absolute atomic E-state index is 12.9. The van der Waals surface area contributed by atoms with Crippen LogP contribution >= 0.6 is 22.9 Å². The van der Waals surface area contributed by atoms with E-state index < -0.39 is 10.0 Å². The Kier molecular flexibility index (Phi) is 5.46. The van der Waals surface area contributed by atoms with Crippen LogP contribution in [0.15, 0.2) is 39.1 Å². The van der Waals surface area contributed by atoms with E-state index in [4.69, 9.17) is 25.5 Å². The number of oxazole rings is 1. The van der Waals surface area contributed by atoms with Crippen molar-refractivity contribution in [1.29, 1.82) is 0 Å². The van der Waals surface area contributed by atoms with E-state index in [1.54, 1.807) is 12.3 Å². The Labute approximate surface area is 177 Å². The molecule has 1 aliphatic carbocycles. The van der Waals surface area contributed by atoms with Gasteiger partial charge in [0, 0.05) is 12.0 Å². The first-order chi connectivity index (χ1) is 13.9. The van der Waals surface area contributed by atoms with Gasteiger partial charge in [-0.05, 0) is 31.0 Å². The standard InChI is InChI=1S/C19H19ClN2O5S2/c1-25-14-9-15(26-2)13(8-12(14)20)22-29(23,24)18-7-6-17(28-18)16-10-21-19(27-16)11-4-3-5-11/h6-11,22H,3-5H2,1-2H3. The first-order valence-electron chi connectivity index (χ1n) is 8.91. The van der Waals surface area contributed by atoms with E-state index >= 15 is 0 Å². The maximum Gasteiger partial charge on any atom is 0.271 e. The van der Waals surface area contributed by atoms with Crippen LogP contribution in [0.3, 0.4) is 0 Å². The average Bonchev–Trinajstić information content (AvgIpc) is 3.30. The lowest BCUT2D eigenvalue weighted by Crippen LogP contribution is -2.12. The number of rotatable bonds is 7. The molecule has 1 aliphatic rings. The van der Waals surface area contributed by atoms with Crippen molar-refractivity contribution in [2.75, 3.05) is 18.9 Å². The lowest BCUT2D eigenvalue weighted by atomic mass is 9.85. The molecular weight excluding hydrogens is 436 g/mol. The molecule has 7 nitrogen and oxygen atoms in total. The van der Waals surface area contributed by atoms with Crippen LogP contribution in [-0.4, -0.2) is 27.6 Å². The summed E-state index contributed by atoms with van der Waals surface area (Å²) < 4.78 is 44.6. The number of ether oxygens (including phenoxy) is 2. The highest BCUT2D eigenvalue weighted by Gasteiger charge is 2.26. The van der Waals surface area contributed by atoms with Crippen molar-refractivity contribution in [2.45, 2.75) is 29.4 Å². The molecule has 1 N–H and O–H groups in total. The van der Waals surface area contributed by atoms with Crippen molar-refractivity contribution in [3.05, 3.63) is 41.4 Å². The molecule has 0 unspecified atom stereocenters. The van der Waals surface area contributed by atoms with Crippen molar-refractivity contribution in [3.63, 3.8) is 0 Å². The number of hydrogen-bond donors (Lipinski definition) is 1. The summed E-state index contributed by atoms with van der Waals surface area (Å²) in [6.45, 7) is 0. The number of benzene rings is 1. The molecule has 0 bridgehead atoms. The molecular formula is C19H19ClN2O5S2. The Morgan fingerprint density at radius 3 is 2.62 bits per heavy atom. The molecule has 29 heavy (non-hydrogen) atoms. The van der Waals surface area contributed by atoms with Gasteiger partial charge in [-0.25, -0.2) is 13.4 Å². The summed E-state index contributed by atoms with van der Waals surface area (Å²) >= 11 is 7.24. The summed E-state index contributed by atoms with van der Waals surface area (Å²) in [5.41, 5.74) is 0.222. The number of nitrogens with zero attached hydrogens (tertiary/aromatic N) is 1. The van der Waals surface area contributed by atoms with E-state index in [9.17, 15) is 8.42 Å². The van der Waals surface area contributed by atoms with Gasteiger partial charge in [-0.1, -0.05) is 18.0 Å². The summed E-state index contributed by atoms with van der Waals surface area (Å²) in [7, 11) is -0.938. The van der Waals surface area contributed by atoms with Crippen LogP contribution in [-0.2, 0) is 10.0 Å². The number of halogens is 1. The number of methoxy groups -OCH3 is 2. The fourth-order valence-corrected chi connectivity index (χ4v) is 5.53. The second-order valence-corrected chi connectivity index (χ2v) is 10.0. The first kappa shape index (κ1) is 20.1. The van der Waals surface area contributed by atoms with Crippen LogP contribution in [0.2, 0.25) is 5.02 Å². The number of hydrogen-bond acceptors (Lipinski definition) is 7. The van der Waals surface area contributed by atoms with E-state index in [1.807, 2.05) is 0 Å². The highest BCUT2D eigenvalue weighted by Crippen LogP contribution is 2.40. The molecule has 0 amide bonds. The zero-order valence-electron chi connectivity index (χ0n) is 15.8. The minimum atomic E-state index is -3.85. The molecule has 154 valence electrons. The first-order valence-corrected chi connectivity index (χ1v) is 11.6. The summed E-state index contributed by atoms with van der Waals surface area (Å²) in [5, 5.41) is 0.267. The summed E-state index contributed by atoms with van der Waals surface area (Å²) in [4.78, 5) is 5.03. The second kappa shape index (κ2) is 7.89. The molecule has 1 fully saturated rings. The lowest BCUT2D eigenvalue weighted by molar-refractivity contribution is 0.338. The van der Waals surface area contributed by atoms with Crippen LogP contribution < -0.4 is 14.2 Å². The van der Waals surface area contributed by atoms with E-state index in [2.05, 4.69) is 9.71 Å². The van der Waals surface area contributed by atoms with Gasteiger partial charge >= 0.3 is 0 Å². The van der Waals surface area contributed by atoms with Gasteiger partial charge in [0.2, 0.25) is 0 Å². The third-order valence-electron chi connectivity index (χ3n) is 4.79. The molecule has 2 aromatic heterocycles. The van der Waals surface area contributed by atoms with Crippen molar-refractivity contribution in [3.8, 4) is 22.1 Å². The Morgan fingerprint density at radius 2 is 1.97 bits per heavy atom. The molecule has 2 heterocycles. The van der Waals surface area contributed by atoms with Crippen molar-refractivity contribution >= 4 is 38.6 Å². The minimum Gasteiger partial charge on any atom is -0.495 e. The topological polar surface area (TPSA) is 90.7 Å². The van der Waals surface area contributed by atoms with Crippen LogP contribution in [0.1, 0.15) is 31.1 Å². The van der Waals surface area contributed by atoms with E-state index in [-0.39, 0.29) is 14.9 Å². The Bertz CT molecular complexity index is 1140. The van der Waals surface area contributed by atoms with Crippen LogP contribution in [0.4, 0.5) is 5.69 Å². The maximum atomic E-state index is 12.9. The van der Waals surface area contributed by atoms with Crippen LogP contribution in [0.25, 0.3) is 10.6 Å². The molecule has 0 radical (unpaired) electrons. The largest absolute Gasteiger partial charge is 0.495 e. The third kappa shape index (κ3) is 3.94. The highest BCUT2D eigenvalue weighted by atomic mass is 35.5. The lowest BCUT2D eigenvalue weighted by Gasteiger charge is -2.21. The Hall–Kier alpha value is -2.23. The molecule has 1 saturated carbocycles. The van der Waals surface area contributed by atoms with Gasteiger partial charge in [0.15, 0.2) is 11.7 Å². The normalized spacial score (nSPS) is 14.4. The second-order valence-electron chi connectivity index (χ2n) is 6.60. The monoisotopic (exact) mass is 454 g/mol. The molecule has 0 aliphatic heterocycles. The van der Waals surface area contributed by atoms with Gasteiger partial charge < -0.3 is 13.9 Å². The molecule has 0 saturated heterocycles. The molecule has 10 heteroatoms. The molecule has 0 atom stereocenters. The number of sulfonamides is 1. The number of thiophene rings is 1. The third-order valence-corrected chi connectivity index (χ3v) is 8.04. The van der Waals surface area contributed by atoms with Crippen LogP contribution in [0, 0.1) is 0 Å². The van der Waals surface area contributed by atoms with E-state index in [1.165, 1.54) is 38.8 Å². The summed E-state index contributed by atoms with van der Waals surface area (Å²) in [5.74, 6) is 2.36. The van der Waals surface area contributed by atoms with E-state index in [0.29, 0.717) is 28.1 Å². The molecule has 1 aromatic carbocycles. The van der Waals surface area contributed by atoms with Gasteiger partial charge in [0.1, 0.15) is 15.7 Å². The minimum absolute atomic E-state index is 0.142. The van der Waals surface area contributed by atoms with Crippen molar-refractivity contribution < 1.29 is 22.3 Å². The van der Waals surface area contributed by atoms with Gasteiger partial charge in [-0.3, -0.25) is 4.72 Å². The van der Waals surface area contributed by atoms with Crippen molar-refractivity contribution in [2.24, 2.45) is 0 Å². The number of nitrogens with one attached hydrogen (secondary N) is 1. The highest BCUT2D eigenvalue weighted by molar-refractivity contribution is 7.94. The van der Waals surface area contributed by atoms with Gasteiger partial charge in [-0.15, -0.1) is 11.3 Å². The average molecular weight is 455 g/mol. The number of anilines is 1.